The fraction of sp³-hybridized carbons (Fsp3) is 0.593. The number of nitrogens with one attached hydrogen (secondary N) is 1. The number of carbonyl (C=O) groups is 1. The van der Waals surface area contributed by atoms with Gasteiger partial charge in [-0.25, -0.2) is 9.59 Å². The summed E-state index contributed by atoms with van der Waals surface area (Å²) in [6.07, 6.45) is 6.79. The van der Waals surface area contributed by atoms with Gasteiger partial charge in [-0.3, -0.25) is 9.88 Å². The molecule has 1 aromatic carbocycles. The molecular weight excluding hydrogens is 454 g/mol. The topological polar surface area (TPSA) is 123 Å². The van der Waals surface area contributed by atoms with Crippen LogP contribution in [0, 0.1) is 23.2 Å². The van der Waals surface area contributed by atoms with Gasteiger partial charge in [-0.2, -0.15) is 4.98 Å². The van der Waals surface area contributed by atoms with Crippen LogP contribution in [0.2, 0.25) is 0 Å². The van der Waals surface area contributed by atoms with Crippen LogP contribution in [0.15, 0.2) is 41.3 Å². The molecule has 3 heterocycles. The average Bonchev–Trinajstić information content (AvgIpc) is 3.34. The van der Waals surface area contributed by atoms with Crippen LogP contribution in [0.25, 0.3) is 5.69 Å². The minimum Gasteiger partial charge on any atom is -0.330 e. The van der Waals surface area contributed by atoms with Crippen molar-refractivity contribution in [2.24, 2.45) is 34.6 Å². The lowest BCUT2D eigenvalue weighted by Gasteiger charge is -2.51. The van der Waals surface area contributed by atoms with Crippen molar-refractivity contribution in [2.45, 2.75) is 38.1 Å². The van der Waals surface area contributed by atoms with Crippen molar-refractivity contribution in [3.05, 3.63) is 52.6 Å². The second-order valence-corrected chi connectivity index (χ2v) is 11.5. The van der Waals surface area contributed by atoms with E-state index >= 15 is 0 Å². The SMILES string of the molecule is NCC1C2CN(CCc3ccc(-n4ccc(NC(=O)N5CCC6(CC5)CC(N)C6)nc4=O)cc3)CC12. The van der Waals surface area contributed by atoms with Gasteiger partial charge in [0, 0.05) is 45.0 Å². The Hall–Kier alpha value is -2.75. The Morgan fingerprint density at radius 1 is 1.08 bits per heavy atom. The molecule has 2 aromatic rings. The highest BCUT2D eigenvalue weighted by Gasteiger charge is 2.54. The van der Waals surface area contributed by atoms with Gasteiger partial charge in [0.05, 0.1) is 5.69 Å². The molecule has 9 nitrogen and oxygen atoms in total. The molecule has 192 valence electrons. The number of hydrogen-bond donors (Lipinski definition) is 3. The zero-order valence-electron chi connectivity index (χ0n) is 20.8. The van der Waals surface area contributed by atoms with Gasteiger partial charge in [0.25, 0.3) is 0 Å². The molecule has 2 aliphatic carbocycles. The van der Waals surface area contributed by atoms with E-state index in [1.807, 2.05) is 17.0 Å². The van der Waals surface area contributed by atoms with E-state index in [1.54, 1.807) is 12.3 Å². The molecule has 4 aliphatic rings. The quantitative estimate of drug-likeness (QED) is 0.565. The summed E-state index contributed by atoms with van der Waals surface area (Å²) < 4.78 is 1.50. The maximum Gasteiger partial charge on any atom is 0.354 e. The third-order valence-electron chi connectivity index (χ3n) is 9.19. The van der Waals surface area contributed by atoms with Gasteiger partial charge in [0.2, 0.25) is 0 Å². The van der Waals surface area contributed by atoms with E-state index in [0.717, 1.165) is 81.7 Å². The number of anilines is 1. The molecular formula is C27H37N7O2. The number of benzene rings is 1. The summed E-state index contributed by atoms with van der Waals surface area (Å²) in [6, 6.07) is 9.87. The molecule has 2 aliphatic heterocycles. The minimum atomic E-state index is -0.410. The first-order valence-corrected chi connectivity index (χ1v) is 13.4. The second kappa shape index (κ2) is 9.28. The molecule has 1 spiro atoms. The lowest BCUT2D eigenvalue weighted by molar-refractivity contribution is 0.0317. The van der Waals surface area contributed by atoms with Crippen molar-refractivity contribution in [3.8, 4) is 5.69 Å². The number of amides is 2. The molecule has 2 amide bonds. The van der Waals surface area contributed by atoms with E-state index in [-0.39, 0.29) is 11.8 Å². The number of urea groups is 1. The Balaban J connectivity index is 1.01. The summed E-state index contributed by atoms with van der Waals surface area (Å²) in [5.41, 5.74) is 13.7. The van der Waals surface area contributed by atoms with Gasteiger partial charge in [-0.1, -0.05) is 12.1 Å². The normalized spacial score (nSPS) is 27.1. The molecule has 2 unspecified atom stereocenters. The van der Waals surface area contributed by atoms with Gasteiger partial charge in [0.1, 0.15) is 5.82 Å². The van der Waals surface area contributed by atoms with Gasteiger partial charge in [-0.05, 0) is 85.6 Å². The molecule has 36 heavy (non-hydrogen) atoms. The summed E-state index contributed by atoms with van der Waals surface area (Å²) in [5, 5.41) is 2.79. The third kappa shape index (κ3) is 4.55. The predicted octanol–water partition coefficient (Wildman–Crippen LogP) is 1.65. The maximum atomic E-state index is 12.7. The predicted molar refractivity (Wildman–Crippen MR) is 139 cm³/mol. The number of fused-ring (bicyclic) bond motifs is 1. The van der Waals surface area contributed by atoms with E-state index in [2.05, 4.69) is 27.3 Å². The number of rotatable bonds is 6. The Kier molecular flexibility index (Phi) is 6.09. The molecule has 2 saturated carbocycles. The van der Waals surface area contributed by atoms with Crippen molar-refractivity contribution < 1.29 is 4.79 Å². The zero-order chi connectivity index (χ0) is 24.9. The molecule has 5 N–H and O–H groups in total. The minimum absolute atomic E-state index is 0.198. The van der Waals surface area contributed by atoms with Crippen LogP contribution in [0.3, 0.4) is 0 Å². The van der Waals surface area contributed by atoms with Crippen LogP contribution in [-0.2, 0) is 6.42 Å². The van der Waals surface area contributed by atoms with Crippen LogP contribution in [0.5, 0.6) is 0 Å². The molecule has 0 radical (unpaired) electrons. The molecule has 2 saturated heterocycles. The fourth-order valence-corrected chi connectivity index (χ4v) is 6.88. The second-order valence-electron chi connectivity index (χ2n) is 11.5. The molecule has 0 bridgehead atoms. The molecule has 2 atom stereocenters. The van der Waals surface area contributed by atoms with Crippen molar-refractivity contribution in [2.75, 3.05) is 44.6 Å². The first-order valence-electron chi connectivity index (χ1n) is 13.4. The van der Waals surface area contributed by atoms with Crippen LogP contribution < -0.4 is 22.5 Å². The monoisotopic (exact) mass is 491 g/mol. The van der Waals surface area contributed by atoms with Crippen LogP contribution in [-0.4, -0.2) is 70.7 Å². The average molecular weight is 492 g/mol. The number of piperidine rings is 2. The van der Waals surface area contributed by atoms with Crippen LogP contribution >= 0.6 is 0 Å². The zero-order valence-corrected chi connectivity index (χ0v) is 20.8. The van der Waals surface area contributed by atoms with E-state index < -0.39 is 5.69 Å². The summed E-state index contributed by atoms with van der Waals surface area (Å²) in [4.78, 5) is 33.8. The third-order valence-corrected chi connectivity index (χ3v) is 9.19. The summed E-state index contributed by atoms with van der Waals surface area (Å²) in [6.45, 7) is 5.69. The highest BCUT2D eigenvalue weighted by Crippen LogP contribution is 2.51. The standard InChI is InChI=1S/C27H37N7O2/c28-15-21-22-16-32(17-23(21)22)9-5-18-1-3-20(4-2-18)34-10-6-24(31-26(34)36)30-25(35)33-11-7-27(8-12-33)13-19(29)14-27/h1-4,6,10,19,21-23H,5,7-9,11-17,28-29H2,(H,30,31,35,36). The summed E-state index contributed by atoms with van der Waals surface area (Å²) in [7, 11) is 0. The van der Waals surface area contributed by atoms with Gasteiger partial charge in [0.15, 0.2) is 0 Å². The van der Waals surface area contributed by atoms with Crippen molar-refractivity contribution >= 4 is 11.8 Å². The highest BCUT2D eigenvalue weighted by atomic mass is 16.2. The summed E-state index contributed by atoms with van der Waals surface area (Å²) >= 11 is 0. The number of likely N-dealkylation sites (tertiary alicyclic amines) is 2. The number of aromatic nitrogens is 2. The van der Waals surface area contributed by atoms with Crippen molar-refractivity contribution in [3.63, 3.8) is 0 Å². The van der Waals surface area contributed by atoms with Crippen molar-refractivity contribution in [1.82, 2.24) is 19.4 Å². The van der Waals surface area contributed by atoms with Gasteiger partial charge in [-0.15, -0.1) is 0 Å². The number of hydrogen-bond acceptors (Lipinski definition) is 6. The van der Waals surface area contributed by atoms with Gasteiger partial charge < -0.3 is 21.3 Å². The molecule has 9 heteroatoms. The first kappa shape index (κ1) is 23.6. The molecule has 1 aromatic heterocycles. The first-order chi connectivity index (χ1) is 17.4. The largest absolute Gasteiger partial charge is 0.354 e. The Morgan fingerprint density at radius 2 is 1.78 bits per heavy atom. The van der Waals surface area contributed by atoms with E-state index in [1.165, 1.54) is 23.2 Å². The van der Waals surface area contributed by atoms with E-state index in [4.69, 9.17) is 11.5 Å². The maximum absolute atomic E-state index is 12.7. The van der Waals surface area contributed by atoms with Gasteiger partial charge >= 0.3 is 11.7 Å². The van der Waals surface area contributed by atoms with Crippen LogP contribution in [0.4, 0.5) is 10.6 Å². The Labute approximate surface area is 211 Å². The lowest BCUT2D eigenvalue weighted by Crippen LogP contribution is -2.53. The van der Waals surface area contributed by atoms with E-state index in [9.17, 15) is 9.59 Å². The van der Waals surface area contributed by atoms with Crippen LogP contribution in [0.1, 0.15) is 31.2 Å². The van der Waals surface area contributed by atoms with Crippen molar-refractivity contribution in [1.29, 1.82) is 0 Å². The molecule has 4 fully saturated rings. The Morgan fingerprint density at radius 3 is 2.39 bits per heavy atom. The number of carbonyl (C=O) groups excluding carboxylic acids is 1. The smallest absolute Gasteiger partial charge is 0.330 e. The van der Waals surface area contributed by atoms with E-state index in [0.29, 0.717) is 11.5 Å². The Bertz CT molecular complexity index is 1150. The fourth-order valence-electron chi connectivity index (χ4n) is 6.88. The highest BCUT2D eigenvalue weighted by molar-refractivity contribution is 5.88. The number of nitrogens with zero attached hydrogens (tertiary/aromatic N) is 4. The summed E-state index contributed by atoms with van der Waals surface area (Å²) in [5.74, 6) is 2.69. The molecule has 6 rings (SSSR count). The lowest BCUT2D eigenvalue weighted by atomic mass is 9.61. The number of nitrogens with two attached hydrogens (primary N) is 2.